The smallest absolute Gasteiger partial charge is 0.338 e. The Labute approximate surface area is 257 Å². The van der Waals surface area contributed by atoms with Gasteiger partial charge in [0.15, 0.2) is 0 Å². The third kappa shape index (κ3) is 6.09. The van der Waals surface area contributed by atoms with Crippen LogP contribution in [-0.2, 0) is 4.74 Å². The average molecular weight is 597 g/mol. The maximum Gasteiger partial charge on any atom is 0.338 e. The topological polar surface area (TPSA) is 119 Å². The molecule has 9 atom stereocenters. The lowest BCUT2D eigenvalue weighted by atomic mass is 9.47. The van der Waals surface area contributed by atoms with Crippen molar-refractivity contribution in [2.75, 3.05) is 10.5 Å². The average Bonchev–Trinajstić information content (AvgIpc) is 3.32. The normalized spacial score (nSPS) is 34.9. The molecule has 1 aromatic rings. The van der Waals surface area contributed by atoms with Crippen LogP contribution in [0.25, 0.3) is 0 Å². The second-order valence-electron chi connectivity index (χ2n) is 15.3. The Morgan fingerprint density at radius 3 is 2.37 bits per heavy atom. The van der Waals surface area contributed by atoms with Crippen molar-refractivity contribution in [3.05, 3.63) is 45.8 Å². The second kappa shape index (κ2) is 12.3. The van der Waals surface area contributed by atoms with Gasteiger partial charge in [0.25, 0.3) is 0 Å². The van der Waals surface area contributed by atoms with E-state index in [1.54, 1.807) is 0 Å². The van der Waals surface area contributed by atoms with Crippen LogP contribution >= 0.6 is 0 Å². The van der Waals surface area contributed by atoms with Crippen molar-refractivity contribution in [1.82, 2.24) is 0 Å². The maximum absolute atomic E-state index is 13.0. The van der Waals surface area contributed by atoms with Crippen LogP contribution in [0.4, 0.5) is 11.4 Å². The van der Waals surface area contributed by atoms with E-state index in [0.29, 0.717) is 17.8 Å². The van der Waals surface area contributed by atoms with Crippen molar-refractivity contribution >= 4 is 17.3 Å². The van der Waals surface area contributed by atoms with Crippen molar-refractivity contribution in [3.8, 4) is 0 Å². The predicted octanol–water partition coefficient (Wildman–Crippen LogP) is 8.89. The predicted molar refractivity (Wildman–Crippen MR) is 169 cm³/mol. The largest absolute Gasteiger partial charge is 0.769 e. The molecule has 3 fully saturated rings. The zero-order chi connectivity index (χ0) is 31.3. The van der Waals surface area contributed by atoms with Gasteiger partial charge in [-0.3, -0.25) is 10.4 Å². The highest BCUT2D eigenvalue weighted by molar-refractivity contribution is 5.92. The lowest BCUT2D eigenvalue weighted by Gasteiger charge is -2.58. The molecule has 3 saturated carbocycles. The van der Waals surface area contributed by atoms with Gasteiger partial charge in [-0.25, -0.2) is 4.79 Å². The standard InChI is InChI=1S/C35H52N2O6/c1-21(2)22(3)7-8-23(4)30-11-12-31-29-10-9-25-19-28(13-15-34(25,5)32(29)14-16-35(30,31)6)43-33(38)24-17-26(36(39)40)20-27(18-24)37(41)42/h9,17-18,20-23,28-32,39-40H,7-8,10-16,19H2,1-6H3/q-2. The van der Waals surface area contributed by atoms with E-state index in [0.717, 1.165) is 66.9 Å². The van der Waals surface area contributed by atoms with Crippen LogP contribution in [-0.4, -0.2) is 22.5 Å². The lowest BCUT2D eigenvalue weighted by molar-refractivity contribution is -0.0596. The summed E-state index contributed by atoms with van der Waals surface area (Å²) in [5.74, 6) is 4.63. The van der Waals surface area contributed by atoms with Crippen LogP contribution in [0, 0.1) is 62.7 Å². The zero-order valence-electron chi connectivity index (χ0n) is 26.9. The van der Waals surface area contributed by atoms with Gasteiger partial charge in [0.1, 0.15) is 6.10 Å². The molecule has 4 aliphatic carbocycles. The van der Waals surface area contributed by atoms with Crippen LogP contribution in [0.1, 0.15) is 116 Å². The van der Waals surface area contributed by atoms with E-state index in [4.69, 9.17) is 4.74 Å². The van der Waals surface area contributed by atoms with Crippen LogP contribution in [0.5, 0.6) is 0 Å². The van der Waals surface area contributed by atoms with Gasteiger partial charge in [-0.05, 0) is 115 Å². The molecule has 2 N–H and O–H groups in total. The summed E-state index contributed by atoms with van der Waals surface area (Å²) in [4.78, 5) is 13.0. The minimum absolute atomic E-state index is 0.0708. The molecular formula is C35H52N2O6-2. The first-order chi connectivity index (χ1) is 20.2. The molecule has 0 aliphatic heterocycles. The fourth-order valence-electron chi connectivity index (χ4n) is 9.92. The number of hydrogen-bond acceptors (Lipinski definition) is 8. The molecule has 1 aromatic carbocycles. The van der Waals surface area contributed by atoms with E-state index in [1.165, 1.54) is 50.2 Å². The minimum atomic E-state index is -0.683. The van der Waals surface area contributed by atoms with Gasteiger partial charge in [-0.2, -0.15) is 0 Å². The Kier molecular flexibility index (Phi) is 9.26. The number of hydrogen-bond donors (Lipinski definition) is 2. The fraction of sp³-hybridized carbons (Fsp3) is 0.743. The van der Waals surface area contributed by atoms with E-state index in [9.17, 15) is 25.6 Å². The number of esters is 1. The molecule has 0 saturated heterocycles. The number of allylic oxidation sites excluding steroid dienone is 1. The number of rotatable bonds is 9. The lowest BCUT2D eigenvalue weighted by Crippen LogP contribution is -2.51. The third-order valence-corrected chi connectivity index (χ3v) is 12.9. The van der Waals surface area contributed by atoms with E-state index >= 15 is 0 Å². The summed E-state index contributed by atoms with van der Waals surface area (Å²) in [7, 11) is 0. The Balaban J connectivity index is 1.26. The summed E-state index contributed by atoms with van der Waals surface area (Å²) in [6.07, 6.45) is 13.7. The molecule has 0 radical (unpaired) electrons. The Hall–Kier alpha value is -2.13. The van der Waals surface area contributed by atoms with Gasteiger partial charge in [0.05, 0.1) is 11.3 Å². The Morgan fingerprint density at radius 2 is 1.70 bits per heavy atom. The first-order valence-corrected chi connectivity index (χ1v) is 16.6. The SMILES string of the molecule is CC(C)C(C)CCC(C)C1CCC2C3CC=C4CC(OC(=O)c5cc(N([O-])[O-])cc(N(O)O)c5)CCC4(C)C3CCC12C. The summed E-state index contributed by atoms with van der Waals surface area (Å²) in [5.41, 5.74) is 1.22. The molecule has 8 heteroatoms. The van der Waals surface area contributed by atoms with Crippen LogP contribution in [0.2, 0.25) is 0 Å². The van der Waals surface area contributed by atoms with Gasteiger partial charge < -0.3 is 20.4 Å². The fourth-order valence-corrected chi connectivity index (χ4v) is 9.92. The number of anilines is 2. The van der Waals surface area contributed by atoms with Crippen LogP contribution < -0.4 is 10.5 Å². The van der Waals surface area contributed by atoms with Crippen LogP contribution in [0.3, 0.4) is 0 Å². The van der Waals surface area contributed by atoms with Crippen molar-refractivity contribution in [3.63, 3.8) is 0 Å². The number of fused-ring (bicyclic) bond motifs is 5. The number of benzene rings is 1. The van der Waals surface area contributed by atoms with E-state index in [2.05, 4.69) is 47.6 Å². The van der Waals surface area contributed by atoms with Crippen molar-refractivity contribution in [2.45, 2.75) is 112 Å². The third-order valence-electron chi connectivity index (χ3n) is 12.9. The molecule has 9 unspecified atom stereocenters. The molecule has 0 bridgehead atoms. The summed E-state index contributed by atoms with van der Waals surface area (Å²) in [6, 6.07) is 3.29. The molecule has 0 aromatic heterocycles. The molecule has 5 rings (SSSR count). The highest BCUT2D eigenvalue weighted by Gasteiger charge is 2.59. The summed E-state index contributed by atoms with van der Waals surface area (Å²) >= 11 is 0. The molecule has 8 nitrogen and oxygen atoms in total. The second-order valence-corrected chi connectivity index (χ2v) is 15.3. The molecule has 0 spiro atoms. The first kappa shape index (κ1) is 32.3. The Morgan fingerprint density at radius 1 is 0.977 bits per heavy atom. The van der Waals surface area contributed by atoms with Crippen molar-refractivity contribution in [1.29, 1.82) is 0 Å². The molecule has 0 heterocycles. The van der Waals surface area contributed by atoms with Gasteiger partial charge in [-0.1, -0.05) is 66.0 Å². The van der Waals surface area contributed by atoms with Gasteiger partial charge in [0.2, 0.25) is 0 Å². The van der Waals surface area contributed by atoms with Crippen molar-refractivity contribution in [2.24, 2.45) is 52.3 Å². The van der Waals surface area contributed by atoms with E-state index in [-0.39, 0.29) is 28.0 Å². The number of carbonyl (C=O) groups excluding carboxylic acids is 1. The molecule has 43 heavy (non-hydrogen) atoms. The summed E-state index contributed by atoms with van der Waals surface area (Å²) in [6.45, 7) is 14.7. The van der Waals surface area contributed by atoms with Crippen LogP contribution in [0.15, 0.2) is 29.8 Å². The highest BCUT2D eigenvalue weighted by Crippen LogP contribution is 2.67. The zero-order valence-corrected chi connectivity index (χ0v) is 26.9. The molecule has 0 amide bonds. The first-order valence-electron chi connectivity index (χ1n) is 16.6. The van der Waals surface area contributed by atoms with E-state index < -0.39 is 16.9 Å². The number of nitrogens with zero attached hydrogens (tertiary/aromatic N) is 2. The van der Waals surface area contributed by atoms with Gasteiger partial charge in [-0.15, -0.1) is 5.23 Å². The number of carbonyl (C=O) groups is 1. The summed E-state index contributed by atoms with van der Waals surface area (Å²) in [5, 5.41) is 40.5. The Bertz CT molecular complexity index is 1170. The van der Waals surface area contributed by atoms with Gasteiger partial charge >= 0.3 is 5.97 Å². The van der Waals surface area contributed by atoms with E-state index in [1.807, 2.05) is 0 Å². The highest BCUT2D eigenvalue weighted by atomic mass is 16.8. The molecular weight excluding hydrogens is 544 g/mol. The minimum Gasteiger partial charge on any atom is -0.769 e. The molecule has 240 valence electrons. The molecule has 4 aliphatic rings. The monoisotopic (exact) mass is 596 g/mol. The summed E-state index contributed by atoms with van der Waals surface area (Å²) < 4.78 is 5.87. The maximum atomic E-state index is 13.0. The van der Waals surface area contributed by atoms with Crippen molar-refractivity contribution < 1.29 is 19.9 Å². The van der Waals surface area contributed by atoms with Gasteiger partial charge in [0, 0.05) is 12.1 Å². The number of ether oxygens (including phenoxy) is 1. The quantitative estimate of drug-likeness (QED) is 0.165.